The van der Waals surface area contributed by atoms with Crippen LogP contribution in [-0.2, 0) is 0 Å². The van der Waals surface area contributed by atoms with Crippen molar-refractivity contribution in [3.05, 3.63) is 34.9 Å². The zero-order chi connectivity index (χ0) is 13.4. The lowest BCUT2D eigenvalue weighted by Gasteiger charge is -2.37. The van der Waals surface area contributed by atoms with E-state index in [0.717, 1.165) is 23.7 Å². The largest absolute Gasteiger partial charge is 0.0807 e. The molecule has 0 radical (unpaired) electrons. The van der Waals surface area contributed by atoms with Gasteiger partial charge in [-0.2, -0.15) is 0 Å². The highest BCUT2D eigenvalue weighted by molar-refractivity contribution is 5.43. The molecule has 1 saturated carbocycles. The Morgan fingerprint density at radius 1 is 1.05 bits per heavy atom. The Morgan fingerprint density at radius 2 is 1.89 bits per heavy atom. The summed E-state index contributed by atoms with van der Waals surface area (Å²) in [7, 11) is 0. The second kappa shape index (κ2) is 5.31. The van der Waals surface area contributed by atoms with Gasteiger partial charge in [-0.05, 0) is 85.8 Å². The molecule has 0 aromatic rings. The number of rotatable bonds is 0. The second-order valence-electron chi connectivity index (χ2n) is 7.27. The lowest BCUT2D eigenvalue weighted by Crippen LogP contribution is -2.26. The fraction of sp³-hybridized carbons (Fsp3) is 0.684. The number of hydrogen-bond acceptors (Lipinski definition) is 0. The molecule has 4 unspecified atom stereocenters. The minimum absolute atomic E-state index is 0.764. The Kier molecular flexibility index (Phi) is 3.69. The lowest BCUT2D eigenvalue weighted by molar-refractivity contribution is 0.168. The Hall–Kier alpha value is -0.780. The van der Waals surface area contributed by atoms with Crippen LogP contribution in [0.3, 0.4) is 0 Å². The van der Waals surface area contributed by atoms with Crippen molar-refractivity contribution in [3.63, 3.8) is 0 Å². The van der Waals surface area contributed by atoms with Crippen LogP contribution in [0.1, 0.15) is 59.3 Å². The molecule has 0 heteroatoms. The van der Waals surface area contributed by atoms with Crippen LogP contribution in [0, 0.1) is 23.7 Å². The predicted octanol–water partition coefficient (Wildman–Crippen LogP) is 5.67. The molecule has 19 heavy (non-hydrogen) atoms. The molecule has 0 aromatic carbocycles. The van der Waals surface area contributed by atoms with Crippen molar-refractivity contribution in [1.29, 1.82) is 0 Å². The van der Waals surface area contributed by atoms with Gasteiger partial charge in [0.2, 0.25) is 0 Å². The zero-order valence-corrected chi connectivity index (χ0v) is 12.8. The van der Waals surface area contributed by atoms with Gasteiger partial charge in [-0.15, -0.1) is 0 Å². The summed E-state index contributed by atoms with van der Waals surface area (Å²) in [4.78, 5) is 0. The van der Waals surface area contributed by atoms with Crippen molar-refractivity contribution in [2.24, 2.45) is 23.7 Å². The first-order valence-corrected chi connectivity index (χ1v) is 8.21. The molecule has 0 heterocycles. The fourth-order valence-corrected chi connectivity index (χ4v) is 4.56. The fourth-order valence-electron chi connectivity index (χ4n) is 4.56. The van der Waals surface area contributed by atoms with Crippen molar-refractivity contribution in [3.8, 4) is 0 Å². The van der Waals surface area contributed by atoms with Crippen LogP contribution < -0.4 is 0 Å². The predicted molar refractivity (Wildman–Crippen MR) is 82.9 cm³/mol. The monoisotopic (exact) mass is 256 g/mol. The number of fused-ring (bicyclic) bond motifs is 3. The van der Waals surface area contributed by atoms with E-state index in [1.807, 2.05) is 0 Å². The van der Waals surface area contributed by atoms with Crippen molar-refractivity contribution >= 4 is 0 Å². The molecule has 0 N–H and O–H groups in total. The highest BCUT2D eigenvalue weighted by Gasteiger charge is 2.31. The summed E-state index contributed by atoms with van der Waals surface area (Å²) in [6.45, 7) is 7.25. The van der Waals surface area contributed by atoms with Gasteiger partial charge in [0.1, 0.15) is 0 Å². The summed E-state index contributed by atoms with van der Waals surface area (Å²) in [5.74, 6) is 3.59. The Morgan fingerprint density at radius 3 is 2.68 bits per heavy atom. The maximum atomic E-state index is 2.52. The third-order valence-electron chi connectivity index (χ3n) is 5.72. The van der Waals surface area contributed by atoms with Crippen LogP contribution in [0.2, 0.25) is 0 Å². The molecule has 0 spiro atoms. The van der Waals surface area contributed by atoms with Crippen LogP contribution in [0.5, 0.6) is 0 Å². The van der Waals surface area contributed by atoms with E-state index in [1.165, 1.54) is 44.1 Å². The van der Waals surface area contributed by atoms with Crippen molar-refractivity contribution < 1.29 is 0 Å². The molecule has 0 amide bonds. The van der Waals surface area contributed by atoms with Gasteiger partial charge in [0, 0.05) is 0 Å². The van der Waals surface area contributed by atoms with Gasteiger partial charge in [0.25, 0.3) is 0 Å². The van der Waals surface area contributed by atoms with E-state index in [0.29, 0.717) is 0 Å². The maximum absolute atomic E-state index is 2.52. The lowest BCUT2D eigenvalue weighted by atomic mass is 9.68. The maximum Gasteiger partial charge on any atom is -0.00921 e. The van der Waals surface area contributed by atoms with E-state index in [9.17, 15) is 0 Å². The Bertz CT molecular complexity index is 435. The molecule has 4 aliphatic carbocycles. The Labute approximate surface area is 118 Å². The molecule has 0 aromatic heterocycles. The molecule has 1 fully saturated rings. The molecule has 104 valence electrons. The summed E-state index contributed by atoms with van der Waals surface area (Å²) in [5, 5.41) is 0. The SMILES string of the molecule is CC1=CC2=CC/C1=C\CCC1CC(C)CC(C1)C2C. The van der Waals surface area contributed by atoms with E-state index in [1.54, 1.807) is 11.1 Å². The van der Waals surface area contributed by atoms with E-state index < -0.39 is 0 Å². The number of allylic oxidation sites excluding steroid dienone is 6. The van der Waals surface area contributed by atoms with Gasteiger partial charge in [0.15, 0.2) is 0 Å². The minimum Gasteiger partial charge on any atom is -0.0807 e. The van der Waals surface area contributed by atoms with Crippen LogP contribution >= 0.6 is 0 Å². The van der Waals surface area contributed by atoms with Crippen LogP contribution in [0.25, 0.3) is 0 Å². The molecule has 0 nitrogen and oxygen atoms in total. The van der Waals surface area contributed by atoms with E-state index in [-0.39, 0.29) is 0 Å². The molecule has 4 bridgehead atoms. The first kappa shape index (κ1) is 13.2. The standard InChI is InChI=1S/C19H28/c1-13-9-16-5-4-6-17-7-8-18(11-14(17)2)15(3)19(10-13)12-16/h6,8,11,13,15-16,19H,4-5,7,9-10,12H2,1-3H3/b17-6+. The molecular weight excluding hydrogens is 228 g/mol. The molecule has 4 rings (SSSR count). The normalized spacial score (nSPS) is 41.7. The second-order valence-corrected chi connectivity index (χ2v) is 7.27. The van der Waals surface area contributed by atoms with E-state index in [2.05, 4.69) is 39.0 Å². The highest BCUT2D eigenvalue weighted by Crippen LogP contribution is 2.43. The van der Waals surface area contributed by atoms with Crippen LogP contribution in [-0.4, -0.2) is 0 Å². The zero-order valence-electron chi connectivity index (χ0n) is 12.8. The molecular formula is C19H28. The summed E-state index contributed by atoms with van der Waals surface area (Å²) < 4.78 is 0. The third kappa shape index (κ3) is 2.73. The van der Waals surface area contributed by atoms with Crippen molar-refractivity contribution in [1.82, 2.24) is 0 Å². The minimum atomic E-state index is 0.764. The average Bonchev–Trinajstić information content (AvgIpc) is 2.40. The highest BCUT2D eigenvalue weighted by atomic mass is 14.4. The number of hydrogen-bond donors (Lipinski definition) is 0. The average molecular weight is 256 g/mol. The van der Waals surface area contributed by atoms with Gasteiger partial charge in [0.05, 0.1) is 0 Å². The van der Waals surface area contributed by atoms with Gasteiger partial charge >= 0.3 is 0 Å². The first-order valence-electron chi connectivity index (χ1n) is 8.21. The Balaban J connectivity index is 1.92. The summed E-state index contributed by atoms with van der Waals surface area (Å²) in [6.07, 6.45) is 15.8. The summed E-state index contributed by atoms with van der Waals surface area (Å²) >= 11 is 0. The first-order chi connectivity index (χ1) is 9.13. The molecule has 4 atom stereocenters. The van der Waals surface area contributed by atoms with Gasteiger partial charge in [-0.25, -0.2) is 0 Å². The van der Waals surface area contributed by atoms with E-state index >= 15 is 0 Å². The van der Waals surface area contributed by atoms with Crippen LogP contribution in [0.4, 0.5) is 0 Å². The van der Waals surface area contributed by atoms with Gasteiger partial charge in [-0.1, -0.05) is 32.1 Å². The smallest absolute Gasteiger partial charge is 0.00921 e. The molecule has 0 aliphatic heterocycles. The van der Waals surface area contributed by atoms with Gasteiger partial charge in [-0.3, -0.25) is 0 Å². The van der Waals surface area contributed by atoms with E-state index in [4.69, 9.17) is 0 Å². The van der Waals surface area contributed by atoms with Gasteiger partial charge < -0.3 is 0 Å². The van der Waals surface area contributed by atoms with Crippen molar-refractivity contribution in [2.45, 2.75) is 59.3 Å². The molecule has 0 saturated heterocycles. The third-order valence-corrected chi connectivity index (χ3v) is 5.72. The van der Waals surface area contributed by atoms with Crippen LogP contribution in [0.15, 0.2) is 34.9 Å². The van der Waals surface area contributed by atoms with Crippen molar-refractivity contribution in [2.75, 3.05) is 0 Å². The quantitative estimate of drug-likeness (QED) is 0.523. The topological polar surface area (TPSA) is 0 Å². The summed E-state index contributed by atoms with van der Waals surface area (Å²) in [6, 6.07) is 0. The summed E-state index contributed by atoms with van der Waals surface area (Å²) in [5.41, 5.74) is 4.73. The molecule has 4 aliphatic rings.